The van der Waals surface area contributed by atoms with Gasteiger partial charge in [0.05, 0.1) is 11.4 Å². The molecule has 97 valence electrons. The smallest absolute Gasteiger partial charge is 0.0886 e. The molecule has 0 atom stereocenters. The number of hydrogen-bond donors (Lipinski definition) is 0. The van der Waals surface area contributed by atoms with E-state index in [1.807, 2.05) is 36.4 Å². The average Bonchev–Trinajstić information content (AvgIpc) is 2.29. The summed E-state index contributed by atoms with van der Waals surface area (Å²) in [5, 5.41) is 0. The normalized spacial score (nSPS) is 11.3. The fourth-order valence-corrected chi connectivity index (χ4v) is 1.03. The Morgan fingerprint density at radius 2 is 1.06 bits per heavy atom. The molecule has 2 nitrogen and oxygen atoms in total. The van der Waals surface area contributed by atoms with E-state index in [9.17, 15) is 0 Å². The molecule has 0 aliphatic carbocycles. The molecule has 0 N–H and O–H groups in total. The first-order valence-electron chi connectivity index (χ1n) is 4.25. The molecule has 0 aromatic carbocycles. The molecule has 2 aromatic heterocycles. The SMILES string of the molecule is [Cl][Cu]([Cl])([Cl])[Cl].c1ccc(-c2ccccn2)nc1. The zero-order chi connectivity index (χ0) is 12.7. The molecule has 2 aromatic rings. The van der Waals surface area contributed by atoms with Crippen LogP contribution in [0.5, 0.6) is 0 Å². The summed E-state index contributed by atoms with van der Waals surface area (Å²) in [5.41, 5.74) is 1.83. The molecule has 0 aliphatic heterocycles. The van der Waals surface area contributed by atoms with E-state index < -0.39 is 9.20 Å². The van der Waals surface area contributed by atoms with Gasteiger partial charge in [-0.1, -0.05) is 12.1 Å². The van der Waals surface area contributed by atoms with E-state index >= 15 is 0 Å². The van der Waals surface area contributed by atoms with Crippen LogP contribution in [0.1, 0.15) is 0 Å². The van der Waals surface area contributed by atoms with Crippen LogP contribution in [0, 0.1) is 0 Å². The van der Waals surface area contributed by atoms with Crippen LogP contribution in [0.15, 0.2) is 48.8 Å². The van der Waals surface area contributed by atoms with Crippen LogP contribution in [-0.4, -0.2) is 9.97 Å². The van der Waals surface area contributed by atoms with Crippen molar-refractivity contribution in [2.75, 3.05) is 0 Å². The Kier molecular flexibility index (Phi) is 6.57. The molecule has 0 fully saturated rings. The summed E-state index contributed by atoms with van der Waals surface area (Å²) in [7, 11) is 17.4. The standard InChI is InChI=1S/C10H8N2.4ClH.Cu/c1-3-7-11-9(5-1)10-6-2-4-8-12-10;;;;;/h1-8H;4*1H;/q;;;;;+4/p-4. The zero-order valence-electron chi connectivity index (χ0n) is 8.33. The van der Waals surface area contributed by atoms with Crippen molar-refractivity contribution in [2.45, 2.75) is 0 Å². The number of aromatic nitrogens is 2. The maximum absolute atomic E-state index is 4.90. The molecule has 0 spiro atoms. The molecule has 0 unspecified atom stereocenters. The minimum absolute atomic E-state index is 0.915. The van der Waals surface area contributed by atoms with Gasteiger partial charge in [-0.05, 0) is 24.3 Å². The van der Waals surface area contributed by atoms with Gasteiger partial charge in [-0.3, -0.25) is 9.97 Å². The van der Waals surface area contributed by atoms with Crippen LogP contribution in [0.25, 0.3) is 11.4 Å². The molecular formula is C10H8Cl4CuN2. The largest absolute Gasteiger partial charge is 0.255 e. The Bertz CT molecular complexity index is 390. The van der Waals surface area contributed by atoms with Crippen molar-refractivity contribution in [3.05, 3.63) is 48.8 Å². The average molecular weight is 362 g/mol. The van der Waals surface area contributed by atoms with Crippen molar-refractivity contribution in [1.82, 2.24) is 9.97 Å². The summed E-state index contributed by atoms with van der Waals surface area (Å²) >= 11 is 0. The van der Waals surface area contributed by atoms with E-state index in [2.05, 4.69) is 9.97 Å². The Balaban J connectivity index is 0.000000249. The van der Waals surface area contributed by atoms with Gasteiger partial charge >= 0.3 is 49.6 Å². The Morgan fingerprint density at radius 1 is 0.706 bits per heavy atom. The Morgan fingerprint density at radius 3 is 1.29 bits per heavy atom. The third-order valence-electron chi connectivity index (χ3n) is 1.59. The van der Waals surface area contributed by atoms with Gasteiger partial charge < -0.3 is 0 Å². The van der Waals surface area contributed by atoms with Crippen molar-refractivity contribution in [2.24, 2.45) is 0 Å². The van der Waals surface area contributed by atoms with Crippen LogP contribution in [0.4, 0.5) is 0 Å². The van der Waals surface area contributed by atoms with Gasteiger partial charge in [0.25, 0.3) is 0 Å². The van der Waals surface area contributed by atoms with Crippen LogP contribution in [0.3, 0.4) is 0 Å². The minimum Gasteiger partial charge on any atom is -0.255 e. The maximum atomic E-state index is 4.90. The Hall–Kier alpha value is -0.0205. The van der Waals surface area contributed by atoms with E-state index in [0.717, 1.165) is 11.4 Å². The van der Waals surface area contributed by atoms with Crippen molar-refractivity contribution >= 4 is 40.4 Å². The molecule has 2 rings (SSSR count). The molecule has 0 saturated heterocycles. The van der Waals surface area contributed by atoms with E-state index in [1.54, 1.807) is 12.4 Å². The van der Waals surface area contributed by atoms with E-state index in [1.165, 1.54) is 0 Å². The maximum Gasteiger partial charge on any atom is 0.0886 e. The van der Waals surface area contributed by atoms with Crippen molar-refractivity contribution in [1.29, 1.82) is 0 Å². The molecule has 17 heavy (non-hydrogen) atoms. The summed E-state index contributed by atoms with van der Waals surface area (Å²) in [6.45, 7) is 0. The predicted molar refractivity (Wildman–Crippen MR) is 70.9 cm³/mol. The fourth-order valence-electron chi connectivity index (χ4n) is 1.03. The van der Waals surface area contributed by atoms with Gasteiger partial charge in [-0.15, -0.1) is 0 Å². The number of rotatable bonds is 1. The second-order valence-corrected chi connectivity index (χ2v) is 12.0. The summed E-state index contributed by atoms with van der Waals surface area (Å²) in [4.78, 5) is 8.37. The van der Waals surface area contributed by atoms with Crippen LogP contribution < -0.4 is 0 Å². The van der Waals surface area contributed by atoms with Crippen LogP contribution in [0.2, 0.25) is 0 Å². The van der Waals surface area contributed by atoms with Gasteiger partial charge in [-0.25, -0.2) is 0 Å². The van der Waals surface area contributed by atoms with Crippen LogP contribution in [-0.2, 0) is 9.20 Å². The van der Waals surface area contributed by atoms with Crippen molar-refractivity contribution in [3.63, 3.8) is 0 Å². The molecule has 0 saturated carbocycles. The zero-order valence-corrected chi connectivity index (χ0v) is 12.3. The Labute approximate surface area is 119 Å². The van der Waals surface area contributed by atoms with Gasteiger partial charge in [0, 0.05) is 12.4 Å². The summed E-state index contributed by atoms with van der Waals surface area (Å²) in [6.07, 6.45) is 3.54. The molecule has 7 heteroatoms. The molecule has 0 bridgehead atoms. The second kappa shape index (κ2) is 7.42. The fraction of sp³-hybridized carbons (Fsp3) is 0. The quantitative estimate of drug-likeness (QED) is 0.675. The van der Waals surface area contributed by atoms with Gasteiger partial charge in [-0.2, -0.15) is 0 Å². The summed E-state index contributed by atoms with van der Waals surface area (Å²) in [5.74, 6) is 0. The van der Waals surface area contributed by atoms with Gasteiger partial charge in [0.2, 0.25) is 0 Å². The molecule has 0 radical (unpaired) electrons. The van der Waals surface area contributed by atoms with Crippen molar-refractivity contribution < 1.29 is 9.20 Å². The molecular weight excluding hydrogens is 353 g/mol. The topological polar surface area (TPSA) is 25.8 Å². The number of hydrogen-bond acceptors (Lipinski definition) is 2. The van der Waals surface area contributed by atoms with Crippen molar-refractivity contribution in [3.8, 4) is 11.4 Å². The second-order valence-electron chi connectivity index (χ2n) is 2.69. The predicted octanol–water partition coefficient (Wildman–Crippen LogP) is 4.90. The minimum atomic E-state index is -2.24. The van der Waals surface area contributed by atoms with Gasteiger partial charge in [0.15, 0.2) is 0 Å². The van der Waals surface area contributed by atoms with Gasteiger partial charge in [0.1, 0.15) is 0 Å². The first kappa shape index (κ1) is 15.0. The van der Waals surface area contributed by atoms with E-state index in [-0.39, 0.29) is 0 Å². The number of halogens is 4. The number of pyridine rings is 2. The summed E-state index contributed by atoms with van der Waals surface area (Å²) in [6, 6.07) is 11.6. The summed E-state index contributed by atoms with van der Waals surface area (Å²) < 4.78 is 0. The first-order valence-corrected chi connectivity index (χ1v) is 9.43. The third-order valence-corrected chi connectivity index (χ3v) is 1.59. The number of nitrogens with zero attached hydrogens (tertiary/aromatic N) is 2. The molecule has 0 aliphatic rings. The van der Waals surface area contributed by atoms with E-state index in [0.29, 0.717) is 0 Å². The molecule has 2 heterocycles. The molecule has 0 amide bonds. The van der Waals surface area contributed by atoms with E-state index in [4.69, 9.17) is 40.4 Å². The monoisotopic (exact) mass is 359 g/mol. The first-order chi connectivity index (χ1) is 7.97. The van der Waals surface area contributed by atoms with Crippen LogP contribution >= 0.6 is 40.4 Å². The third kappa shape index (κ3) is 7.82.